The van der Waals surface area contributed by atoms with Crippen LogP contribution >= 0.6 is 0 Å². The van der Waals surface area contributed by atoms with E-state index in [0.717, 1.165) is 5.56 Å². The van der Waals surface area contributed by atoms with Crippen LogP contribution in [0.1, 0.15) is 11.1 Å². The van der Waals surface area contributed by atoms with Gasteiger partial charge in [0.1, 0.15) is 18.2 Å². The molecule has 0 atom stereocenters. The lowest BCUT2D eigenvalue weighted by atomic mass is 10.2. The molecule has 0 saturated heterocycles. The number of halogens is 2. The van der Waals surface area contributed by atoms with E-state index in [9.17, 15) is 8.78 Å². The molecule has 4 heteroatoms. The van der Waals surface area contributed by atoms with Gasteiger partial charge in [0.2, 0.25) is 0 Å². The summed E-state index contributed by atoms with van der Waals surface area (Å²) in [6.45, 7) is 1.99. The van der Waals surface area contributed by atoms with Crippen LogP contribution in [0.25, 0.3) is 0 Å². The topological polar surface area (TPSA) is 18.5 Å². The number of hydrogen-bond donors (Lipinski definition) is 0. The molecule has 0 fully saturated rings. The zero-order valence-corrected chi connectivity index (χ0v) is 10.7. The Bertz CT molecular complexity index is 582. The lowest BCUT2D eigenvalue weighted by Gasteiger charge is -2.10. The van der Waals surface area contributed by atoms with Crippen LogP contribution in [0, 0.1) is 18.6 Å². The van der Waals surface area contributed by atoms with Crippen LogP contribution in [-0.4, -0.2) is 7.11 Å². The van der Waals surface area contributed by atoms with Crippen molar-refractivity contribution in [3.63, 3.8) is 0 Å². The normalized spacial score (nSPS) is 10.3. The zero-order chi connectivity index (χ0) is 13.8. The van der Waals surface area contributed by atoms with Gasteiger partial charge in [0.25, 0.3) is 0 Å². The SMILES string of the molecule is COc1ccc(COc2cc(F)ccc2C)cc1F. The van der Waals surface area contributed by atoms with Crippen LogP contribution in [0.15, 0.2) is 36.4 Å². The van der Waals surface area contributed by atoms with Crippen LogP contribution in [0.3, 0.4) is 0 Å². The number of aryl methyl sites for hydroxylation is 1. The Morgan fingerprint density at radius 2 is 1.79 bits per heavy atom. The van der Waals surface area contributed by atoms with Gasteiger partial charge in [-0.2, -0.15) is 0 Å². The van der Waals surface area contributed by atoms with E-state index in [4.69, 9.17) is 9.47 Å². The molecular weight excluding hydrogens is 250 g/mol. The molecule has 0 heterocycles. The standard InChI is InChI=1S/C15H14F2O2/c1-10-3-5-12(16)8-15(10)19-9-11-4-6-14(18-2)13(17)7-11/h3-8H,9H2,1-2H3. The van der Waals surface area contributed by atoms with Gasteiger partial charge in [0, 0.05) is 6.07 Å². The second kappa shape index (κ2) is 5.69. The molecule has 100 valence electrons. The first kappa shape index (κ1) is 13.3. The van der Waals surface area contributed by atoms with Crippen molar-refractivity contribution in [3.8, 4) is 11.5 Å². The second-order valence-electron chi connectivity index (χ2n) is 4.17. The van der Waals surface area contributed by atoms with E-state index in [1.54, 1.807) is 12.1 Å². The summed E-state index contributed by atoms with van der Waals surface area (Å²) in [7, 11) is 1.41. The maximum atomic E-state index is 13.5. The fourth-order valence-corrected chi connectivity index (χ4v) is 1.69. The fourth-order valence-electron chi connectivity index (χ4n) is 1.69. The Kier molecular flexibility index (Phi) is 4.00. The minimum Gasteiger partial charge on any atom is -0.494 e. The minimum absolute atomic E-state index is 0.172. The molecule has 0 amide bonds. The van der Waals surface area contributed by atoms with Crippen molar-refractivity contribution < 1.29 is 18.3 Å². The third-order valence-electron chi connectivity index (χ3n) is 2.76. The monoisotopic (exact) mass is 264 g/mol. The molecule has 0 spiro atoms. The maximum Gasteiger partial charge on any atom is 0.165 e. The number of hydrogen-bond acceptors (Lipinski definition) is 2. The summed E-state index contributed by atoms with van der Waals surface area (Å²) in [6.07, 6.45) is 0. The quantitative estimate of drug-likeness (QED) is 0.834. The van der Waals surface area contributed by atoms with Gasteiger partial charge in [-0.1, -0.05) is 12.1 Å². The molecule has 0 aliphatic carbocycles. The van der Waals surface area contributed by atoms with Gasteiger partial charge in [-0.15, -0.1) is 0 Å². The van der Waals surface area contributed by atoms with Crippen LogP contribution in [0.5, 0.6) is 11.5 Å². The van der Waals surface area contributed by atoms with E-state index < -0.39 is 5.82 Å². The number of ether oxygens (including phenoxy) is 2. The van der Waals surface area contributed by atoms with E-state index in [1.165, 1.54) is 31.4 Å². The summed E-state index contributed by atoms with van der Waals surface area (Å²) in [4.78, 5) is 0. The van der Waals surface area contributed by atoms with E-state index in [0.29, 0.717) is 11.3 Å². The Balaban J connectivity index is 2.10. The highest BCUT2D eigenvalue weighted by molar-refractivity contribution is 5.33. The van der Waals surface area contributed by atoms with Crippen molar-refractivity contribution >= 4 is 0 Å². The maximum absolute atomic E-state index is 13.5. The van der Waals surface area contributed by atoms with E-state index in [2.05, 4.69) is 0 Å². The number of methoxy groups -OCH3 is 1. The van der Waals surface area contributed by atoms with E-state index in [1.807, 2.05) is 6.92 Å². The number of benzene rings is 2. The minimum atomic E-state index is -0.445. The Hall–Kier alpha value is -2.10. The molecular formula is C15H14F2O2. The van der Waals surface area contributed by atoms with E-state index >= 15 is 0 Å². The molecule has 2 aromatic rings. The molecule has 2 aromatic carbocycles. The Labute approximate surface area is 110 Å². The van der Waals surface area contributed by atoms with Crippen molar-refractivity contribution in [2.75, 3.05) is 7.11 Å². The van der Waals surface area contributed by atoms with E-state index in [-0.39, 0.29) is 18.2 Å². The van der Waals surface area contributed by atoms with Crippen LogP contribution < -0.4 is 9.47 Å². The Morgan fingerprint density at radius 1 is 1.00 bits per heavy atom. The summed E-state index contributed by atoms with van der Waals surface area (Å²) in [5.74, 6) is -0.164. The molecule has 0 N–H and O–H groups in total. The summed E-state index contributed by atoms with van der Waals surface area (Å²) >= 11 is 0. The third-order valence-corrected chi connectivity index (χ3v) is 2.76. The molecule has 19 heavy (non-hydrogen) atoms. The van der Waals surface area contributed by atoms with Crippen molar-refractivity contribution in [3.05, 3.63) is 59.2 Å². The first-order valence-corrected chi connectivity index (χ1v) is 5.81. The van der Waals surface area contributed by atoms with Gasteiger partial charge in [0.15, 0.2) is 11.6 Å². The first-order valence-electron chi connectivity index (χ1n) is 5.81. The fraction of sp³-hybridized carbons (Fsp3) is 0.200. The highest BCUT2D eigenvalue weighted by Crippen LogP contribution is 2.22. The molecule has 0 aromatic heterocycles. The number of rotatable bonds is 4. The van der Waals surface area contributed by atoms with Crippen molar-refractivity contribution in [1.29, 1.82) is 0 Å². The average molecular weight is 264 g/mol. The highest BCUT2D eigenvalue weighted by atomic mass is 19.1. The summed E-state index contributed by atoms with van der Waals surface area (Å²) < 4.78 is 36.9. The first-order chi connectivity index (χ1) is 9.10. The highest BCUT2D eigenvalue weighted by Gasteiger charge is 2.06. The second-order valence-corrected chi connectivity index (χ2v) is 4.17. The van der Waals surface area contributed by atoms with Crippen LogP contribution in [0.4, 0.5) is 8.78 Å². The zero-order valence-electron chi connectivity index (χ0n) is 10.7. The lowest BCUT2D eigenvalue weighted by Crippen LogP contribution is -1.99. The molecule has 2 rings (SSSR count). The Morgan fingerprint density at radius 3 is 2.47 bits per heavy atom. The predicted molar refractivity (Wildman–Crippen MR) is 68.4 cm³/mol. The summed E-state index contributed by atoms with van der Waals surface area (Å²) in [5, 5.41) is 0. The van der Waals surface area contributed by atoms with Crippen LogP contribution in [0.2, 0.25) is 0 Å². The average Bonchev–Trinajstić information content (AvgIpc) is 2.40. The van der Waals surface area contributed by atoms with Gasteiger partial charge < -0.3 is 9.47 Å². The largest absolute Gasteiger partial charge is 0.494 e. The van der Waals surface area contributed by atoms with Gasteiger partial charge in [0.05, 0.1) is 7.11 Å². The van der Waals surface area contributed by atoms with Gasteiger partial charge in [-0.05, 0) is 36.2 Å². The molecule has 0 aliphatic heterocycles. The van der Waals surface area contributed by atoms with Crippen molar-refractivity contribution in [1.82, 2.24) is 0 Å². The van der Waals surface area contributed by atoms with Gasteiger partial charge in [-0.3, -0.25) is 0 Å². The lowest BCUT2D eigenvalue weighted by molar-refractivity contribution is 0.301. The van der Waals surface area contributed by atoms with Crippen molar-refractivity contribution in [2.45, 2.75) is 13.5 Å². The molecule has 0 saturated carbocycles. The smallest absolute Gasteiger partial charge is 0.165 e. The molecule has 0 bridgehead atoms. The molecule has 2 nitrogen and oxygen atoms in total. The third kappa shape index (κ3) is 3.22. The van der Waals surface area contributed by atoms with Gasteiger partial charge >= 0.3 is 0 Å². The van der Waals surface area contributed by atoms with Crippen molar-refractivity contribution in [2.24, 2.45) is 0 Å². The van der Waals surface area contributed by atoms with Gasteiger partial charge in [-0.25, -0.2) is 8.78 Å². The molecule has 0 radical (unpaired) electrons. The summed E-state index contributed by atoms with van der Waals surface area (Å²) in [5.41, 5.74) is 1.48. The molecule has 0 aliphatic rings. The summed E-state index contributed by atoms with van der Waals surface area (Å²) in [6, 6.07) is 8.90. The molecule has 0 unspecified atom stereocenters. The predicted octanol–water partition coefficient (Wildman–Crippen LogP) is 3.86. The van der Waals surface area contributed by atoms with Crippen LogP contribution in [-0.2, 0) is 6.61 Å².